The number of fused-ring (bicyclic) bond motifs is 1. The molecule has 0 saturated carbocycles. The highest BCUT2D eigenvalue weighted by molar-refractivity contribution is 5.84. The average Bonchev–Trinajstić information content (AvgIpc) is 2.91. The molecule has 0 saturated heterocycles. The van der Waals surface area contributed by atoms with E-state index in [-0.39, 0.29) is 16.5 Å². The molecule has 0 aliphatic rings. The van der Waals surface area contributed by atoms with Crippen LogP contribution in [0.4, 0.5) is 35.1 Å². The molecule has 0 aliphatic carbocycles. The van der Waals surface area contributed by atoms with E-state index in [9.17, 15) is 35.1 Å². The molecule has 0 radical (unpaired) electrons. The number of hydrogen-bond donors (Lipinski definition) is 0. The topological polar surface area (TPSA) is 9.23 Å². The van der Waals surface area contributed by atoms with Gasteiger partial charge in [0.2, 0.25) is 0 Å². The van der Waals surface area contributed by atoms with Crippen LogP contribution >= 0.6 is 0 Å². The Bertz CT molecular complexity index is 1870. The van der Waals surface area contributed by atoms with Crippen LogP contribution in [-0.4, -0.2) is 0 Å². The van der Waals surface area contributed by atoms with Crippen LogP contribution in [-0.2, 0) is 6.11 Å². The van der Waals surface area contributed by atoms with E-state index >= 15 is 0 Å². The first-order valence-corrected chi connectivity index (χ1v) is 12.4. The summed E-state index contributed by atoms with van der Waals surface area (Å²) < 4.78 is 120. The van der Waals surface area contributed by atoms with Crippen LogP contribution in [0, 0.1) is 60.6 Å². The number of alkyl halides is 2. The summed E-state index contributed by atoms with van der Waals surface area (Å²) in [5, 5.41) is -0.734. The number of ether oxygens (including phenoxy) is 1. The Labute approximate surface area is 235 Å². The summed E-state index contributed by atoms with van der Waals surface area (Å²) in [7, 11) is 0. The van der Waals surface area contributed by atoms with E-state index in [1.165, 1.54) is 6.07 Å². The van der Waals surface area contributed by atoms with Crippen molar-refractivity contribution in [2.24, 2.45) is 0 Å². The summed E-state index contributed by atoms with van der Waals surface area (Å²) in [5.41, 5.74) is 0.754. The molecular weight excluding hydrogens is 564 g/mol. The van der Waals surface area contributed by atoms with Gasteiger partial charge in [0, 0.05) is 10.9 Å². The molecule has 9 heteroatoms. The van der Waals surface area contributed by atoms with Gasteiger partial charge in [-0.25, -0.2) is 26.3 Å². The van der Waals surface area contributed by atoms with Gasteiger partial charge in [-0.3, -0.25) is 0 Å². The lowest BCUT2D eigenvalue weighted by Crippen LogP contribution is -2.25. The average molecular weight is 582 g/mol. The van der Waals surface area contributed by atoms with Crippen molar-refractivity contribution < 1.29 is 39.9 Å². The van der Waals surface area contributed by atoms with E-state index < -0.39 is 57.7 Å². The third-order valence-corrected chi connectivity index (χ3v) is 6.53. The minimum atomic E-state index is -4.57. The normalized spacial score (nSPS) is 11.4. The highest BCUT2D eigenvalue weighted by Crippen LogP contribution is 2.37. The highest BCUT2D eigenvalue weighted by atomic mass is 19.3. The van der Waals surface area contributed by atoms with Gasteiger partial charge in [-0.05, 0) is 84.5 Å². The van der Waals surface area contributed by atoms with E-state index in [0.29, 0.717) is 29.3 Å². The molecule has 212 valence electrons. The fourth-order valence-electron chi connectivity index (χ4n) is 4.42. The SMILES string of the molecule is Cc1ccc(-c2cc(C)c(C#Cc3cc(F)c(C(F)(F)Oc4ccc5c(F)c(F)c(F)cc5c4)c(F)c3)c(F)c2)cc1. The summed E-state index contributed by atoms with van der Waals surface area (Å²) in [6, 6.07) is 14.5. The maximum atomic E-state index is 14.9. The Morgan fingerprint density at radius 3 is 1.93 bits per heavy atom. The predicted octanol–water partition coefficient (Wildman–Crippen LogP) is 9.49. The van der Waals surface area contributed by atoms with Crippen LogP contribution in [0.1, 0.15) is 27.8 Å². The van der Waals surface area contributed by atoms with Crippen molar-refractivity contribution in [3.63, 3.8) is 0 Å². The van der Waals surface area contributed by atoms with E-state index in [1.54, 1.807) is 13.0 Å². The van der Waals surface area contributed by atoms with Gasteiger partial charge >= 0.3 is 6.11 Å². The van der Waals surface area contributed by atoms with Crippen molar-refractivity contribution in [3.05, 3.63) is 136 Å². The van der Waals surface area contributed by atoms with Crippen LogP contribution in [0.25, 0.3) is 21.9 Å². The molecule has 0 amide bonds. The maximum absolute atomic E-state index is 14.9. The Balaban J connectivity index is 1.42. The molecule has 42 heavy (non-hydrogen) atoms. The fraction of sp³-hybridized carbons (Fsp3) is 0.0909. The van der Waals surface area contributed by atoms with Crippen molar-refractivity contribution in [3.8, 4) is 28.7 Å². The number of aryl methyl sites for hydroxylation is 2. The summed E-state index contributed by atoms with van der Waals surface area (Å²) in [4.78, 5) is 0. The van der Waals surface area contributed by atoms with Crippen LogP contribution in [0.15, 0.2) is 72.8 Å². The molecule has 0 atom stereocenters. The molecule has 0 fully saturated rings. The smallest absolute Gasteiger partial charge is 0.429 e. The first-order chi connectivity index (χ1) is 19.8. The lowest BCUT2D eigenvalue weighted by Gasteiger charge is -2.20. The van der Waals surface area contributed by atoms with Crippen molar-refractivity contribution in [1.82, 2.24) is 0 Å². The van der Waals surface area contributed by atoms with Gasteiger partial charge in [-0.2, -0.15) is 8.78 Å². The van der Waals surface area contributed by atoms with E-state index in [2.05, 4.69) is 16.6 Å². The summed E-state index contributed by atoms with van der Waals surface area (Å²) >= 11 is 0. The number of benzene rings is 5. The van der Waals surface area contributed by atoms with E-state index in [0.717, 1.165) is 29.3 Å². The largest absolute Gasteiger partial charge is 0.432 e. The molecule has 0 unspecified atom stereocenters. The van der Waals surface area contributed by atoms with Crippen molar-refractivity contribution in [2.75, 3.05) is 0 Å². The highest BCUT2D eigenvalue weighted by Gasteiger charge is 2.41. The molecule has 0 bridgehead atoms. The molecule has 0 spiro atoms. The van der Waals surface area contributed by atoms with E-state index in [1.807, 2.05) is 31.2 Å². The van der Waals surface area contributed by atoms with Crippen LogP contribution in [0.3, 0.4) is 0 Å². The fourth-order valence-corrected chi connectivity index (χ4v) is 4.42. The molecular formula is C33H18F8O. The van der Waals surface area contributed by atoms with Crippen molar-refractivity contribution >= 4 is 10.8 Å². The predicted molar refractivity (Wildman–Crippen MR) is 142 cm³/mol. The first-order valence-electron chi connectivity index (χ1n) is 12.4. The molecule has 0 heterocycles. The van der Waals surface area contributed by atoms with Crippen LogP contribution in [0.2, 0.25) is 0 Å². The minimum Gasteiger partial charge on any atom is -0.429 e. The maximum Gasteiger partial charge on any atom is 0.432 e. The summed E-state index contributed by atoms with van der Waals surface area (Å²) in [6.07, 6.45) is -4.57. The van der Waals surface area contributed by atoms with Gasteiger partial charge in [0.25, 0.3) is 0 Å². The van der Waals surface area contributed by atoms with Gasteiger partial charge in [0.1, 0.15) is 28.8 Å². The second-order valence-corrected chi connectivity index (χ2v) is 9.57. The van der Waals surface area contributed by atoms with Crippen molar-refractivity contribution in [1.29, 1.82) is 0 Å². The second-order valence-electron chi connectivity index (χ2n) is 9.57. The van der Waals surface area contributed by atoms with Crippen molar-refractivity contribution in [2.45, 2.75) is 20.0 Å². The molecule has 0 N–H and O–H groups in total. The summed E-state index contributed by atoms with van der Waals surface area (Å²) in [6.45, 7) is 3.53. The third-order valence-electron chi connectivity index (χ3n) is 6.53. The third kappa shape index (κ3) is 5.53. The number of rotatable bonds is 4. The standard InChI is InChI=1S/C33H18F8O/c1-17-3-6-20(7-4-17)21-11-18(2)24(26(34)15-21)9-5-19-12-27(35)30(28(36)13-19)33(40,41)42-23-8-10-25-22(14-23)16-29(37)32(39)31(25)38/h3-4,6-8,10-16H,1-2H3. The lowest BCUT2D eigenvalue weighted by molar-refractivity contribution is -0.189. The quantitative estimate of drug-likeness (QED) is 0.117. The Morgan fingerprint density at radius 2 is 1.29 bits per heavy atom. The second kappa shape index (κ2) is 10.9. The van der Waals surface area contributed by atoms with Gasteiger partial charge < -0.3 is 4.74 Å². The Kier molecular flexibility index (Phi) is 7.42. The molecule has 0 aliphatic heterocycles. The molecule has 0 aromatic heterocycles. The zero-order chi connectivity index (χ0) is 30.3. The van der Waals surface area contributed by atoms with Crippen LogP contribution in [0.5, 0.6) is 5.75 Å². The molecule has 5 rings (SSSR count). The van der Waals surface area contributed by atoms with Gasteiger partial charge in [-0.15, -0.1) is 0 Å². The first kappa shape index (κ1) is 28.7. The minimum absolute atomic E-state index is 0.0338. The Morgan fingerprint density at radius 1 is 0.619 bits per heavy atom. The number of halogens is 8. The van der Waals surface area contributed by atoms with Gasteiger partial charge in [0.15, 0.2) is 17.5 Å². The zero-order valence-corrected chi connectivity index (χ0v) is 21.9. The summed E-state index contributed by atoms with van der Waals surface area (Å²) in [5.74, 6) is -4.70. The number of hydrogen-bond acceptors (Lipinski definition) is 1. The zero-order valence-electron chi connectivity index (χ0n) is 21.9. The van der Waals surface area contributed by atoms with Gasteiger partial charge in [-0.1, -0.05) is 41.7 Å². The Hall–Kier alpha value is -4.84. The molecule has 1 nitrogen and oxygen atoms in total. The van der Waals surface area contributed by atoms with Crippen LogP contribution < -0.4 is 4.74 Å². The van der Waals surface area contributed by atoms with Gasteiger partial charge in [0.05, 0.1) is 5.56 Å². The monoisotopic (exact) mass is 582 g/mol. The van der Waals surface area contributed by atoms with E-state index in [4.69, 9.17) is 0 Å². The molecule has 5 aromatic rings. The lowest BCUT2D eigenvalue weighted by atomic mass is 9.98. The molecule has 5 aromatic carbocycles.